The van der Waals surface area contributed by atoms with Gasteiger partial charge in [-0.15, -0.1) is 0 Å². The Morgan fingerprint density at radius 3 is 2.87 bits per heavy atom. The van der Waals surface area contributed by atoms with Crippen LogP contribution < -0.4 is 5.32 Å². The van der Waals surface area contributed by atoms with Crippen LogP contribution in [-0.4, -0.2) is 67.1 Å². The normalized spacial score (nSPS) is 25.3. The zero-order valence-corrected chi connectivity index (χ0v) is 14.0. The van der Waals surface area contributed by atoms with Crippen molar-refractivity contribution in [2.45, 2.75) is 31.5 Å². The van der Waals surface area contributed by atoms with Crippen molar-refractivity contribution in [3.8, 4) is 0 Å². The fraction of sp³-hybridized carbons (Fsp3) is 0.706. The van der Waals surface area contributed by atoms with Gasteiger partial charge in [0, 0.05) is 64.1 Å². The van der Waals surface area contributed by atoms with Crippen LogP contribution >= 0.6 is 0 Å². The minimum absolute atomic E-state index is 0.0424. The molecule has 128 valence electrons. The molecule has 2 aliphatic heterocycles. The molecule has 2 N–H and O–H groups in total. The van der Waals surface area contributed by atoms with Gasteiger partial charge in [-0.3, -0.25) is 9.88 Å². The highest BCUT2D eigenvalue weighted by Crippen LogP contribution is 2.27. The van der Waals surface area contributed by atoms with Crippen LogP contribution in [0.5, 0.6) is 0 Å². The van der Waals surface area contributed by atoms with Crippen molar-refractivity contribution in [1.29, 1.82) is 0 Å². The summed E-state index contributed by atoms with van der Waals surface area (Å²) in [6, 6.07) is 4.07. The number of pyridine rings is 1. The summed E-state index contributed by atoms with van der Waals surface area (Å²) in [6.45, 7) is 6.26. The van der Waals surface area contributed by atoms with Gasteiger partial charge in [0.1, 0.15) is 6.10 Å². The van der Waals surface area contributed by atoms with Crippen LogP contribution in [0.3, 0.4) is 0 Å². The Hall–Kier alpha value is -1.21. The van der Waals surface area contributed by atoms with E-state index in [1.807, 2.05) is 26.1 Å². The first kappa shape index (κ1) is 16.6. The predicted molar refractivity (Wildman–Crippen MR) is 88.7 cm³/mol. The van der Waals surface area contributed by atoms with Gasteiger partial charge in [0.25, 0.3) is 0 Å². The van der Waals surface area contributed by atoms with Crippen molar-refractivity contribution in [2.24, 2.45) is 0 Å². The molecule has 0 saturated carbocycles. The fourth-order valence-corrected chi connectivity index (χ4v) is 3.35. The molecule has 0 aliphatic carbocycles. The average Bonchev–Trinajstić information content (AvgIpc) is 2.54. The minimum Gasteiger partial charge on any atom is -0.388 e. The lowest BCUT2D eigenvalue weighted by atomic mass is 9.93. The molecule has 0 aromatic carbocycles. The molecule has 6 heteroatoms. The molecule has 3 rings (SSSR count). The lowest BCUT2D eigenvalue weighted by Gasteiger charge is -2.40. The first-order chi connectivity index (χ1) is 11.1. The first-order valence-corrected chi connectivity index (χ1v) is 8.38. The van der Waals surface area contributed by atoms with E-state index in [4.69, 9.17) is 9.47 Å². The second-order valence-electron chi connectivity index (χ2n) is 6.60. The Morgan fingerprint density at radius 2 is 2.13 bits per heavy atom. The smallest absolute Gasteiger partial charge is 0.112 e. The van der Waals surface area contributed by atoms with Crippen molar-refractivity contribution >= 4 is 5.69 Å². The van der Waals surface area contributed by atoms with Crippen LogP contribution in [0.4, 0.5) is 5.69 Å². The van der Waals surface area contributed by atoms with Gasteiger partial charge in [0.2, 0.25) is 0 Å². The molecule has 0 bridgehead atoms. The monoisotopic (exact) mass is 321 g/mol. The molecule has 2 aliphatic rings. The molecule has 2 fully saturated rings. The number of aryl methyl sites for hydroxylation is 1. The summed E-state index contributed by atoms with van der Waals surface area (Å²) >= 11 is 0. The van der Waals surface area contributed by atoms with E-state index < -0.39 is 5.60 Å². The molecule has 1 atom stereocenters. The summed E-state index contributed by atoms with van der Waals surface area (Å²) in [4.78, 5) is 6.92. The minimum atomic E-state index is -0.629. The van der Waals surface area contributed by atoms with Gasteiger partial charge in [0.05, 0.1) is 17.9 Å². The van der Waals surface area contributed by atoms with Gasteiger partial charge < -0.3 is 19.9 Å². The van der Waals surface area contributed by atoms with Gasteiger partial charge in [-0.2, -0.15) is 0 Å². The Balaban J connectivity index is 1.67. The summed E-state index contributed by atoms with van der Waals surface area (Å²) in [6.07, 6.45) is 1.38. The summed E-state index contributed by atoms with van der Waals surface area (Å²) < 4.78 is 11.3. The number of nitrogens with one attached hydrogen (secondary N) is 1. The maximum absolute atomic E-state index is 10.7. The number of rotatable bonds is 4. The molecule has 0 unspecified atom stereocenters. The highest BCUT2D eigenvalue weighted by molar-refractivity contribution is 5.45. The Bertz CT molecular complexity index is 532. The number of hydrogen-bond donors (Lipinski definition) is 2. The lowest BCUT2D eigenvalue weighted by molar-refractivity contribution is -0.103. The number of morpholine rings is 1. The predicted octanol–water partition coefficient (Wildman–Crippen LogP) is 1.35. The number of nitrogens with zero attached hydrogens (tertiary/aromatic N) is 2. The van der Waals surface area contributed by atoms with E-state index in [-0.39, 0.29) is 6.10 Å². The quantitative estimate of drug-likeness (QED) is 0.872. The van der Waals surface area contributed by atoms with Gasteiger partial charge >= 0.3 is 0 Å². The molecule has 23 heavy (non-hydrogen) atoms. The third kappa shape index (κ3) is 4.20. The SMILES string of the molecule is CNc1cc(C)nc([C@H]2CN(CC3(O)CCOCC3)CCO2)c1. The molecule has 1 aromatic heterocycles. The fourth-order valence-electron chi connectivity index (χ4n) is 3.35. The van der Waals surface area contributed by atoms with E-state index in [1.54, 1.807) is 0 Å². The topological polar surface area (TPSA) is 66.9 Å². The number of aromatic nitrogens is 1. The van der Waals surface area contributed by atoms with E-state index in [0.29, 0.717) is 39.2 Å². The Kier molecular flexibility index (Phi) is 5.16. The molecule has 6 nitrogen and oxygen atoms in total. The molecular weight excluding hydrogens is 294 g/mol. The van der Waals surface area contributed by atoms with Crippen LogP contribution in [0.1, 0.15) is 30.3 Å². The summed E-state index contributed by atoms with van der Waals surface area (Å²) in [5.74, 6) is 0. The average molecular weight is 321 g/mol. The van der Waals surface area contributed by atoms with Gasteiger partial charge in [-0.05, 0) is 19.1 Å². The summed E-state index contributed by atoms with van der Waals surface area (Å²) in [5, 5.41) is 13.9. The molecule has 3 heterocycles. The van der Waals surface area contributed by atoms with Crippen LogP contribution in [-0.2, 0) is 9.47 Å². The van der Waals surface area contributed by atoms with E-state index >= 15 is 0 Å². The summed E-state index contributed by atoms with van der Waals surface area (Å²) in [5.41, 5.74) is 2.36. The third-order valence-electron chi connectivity index (χ3n) is 4.68. The number of β-amino-alcohol motifs (C(OH)–C–C–N with tert-alkyl or cyclic N) is 1. The van der Waals surface area contributed by atoms with E-state index in [0.717, 1.165) is 30.2 Å². The Labute approximate surface area is 137 Å². The van der Waals surface area contributed by atoms with E-state index in [1.165, 1.54) is 0 Å². The second kappa shape index (κ2) is 7.13. The van der Waals surface area contributed by atoms with Gasteiger partial charge in [0.15, 0.2) is 0 Å². The third-order valence-corrected chi connectivity index (χ3v) is 4.68. The molecule has 1 aromatic rings. The standard InChI is InChI=1S/C17H27N3O3/c1-13-9-14(18-2)10-15(19-13)16-11-20(5-8-23-16)12-17(21)3-6-22-7-4-17/h9-10,16,21H,3-8,11-12H2,1-2H3,(H,18,19)/t16-/m1/s1. The maximum atomic E-state index is 10.7. The zero-order valence-electron chi connectivity index (χ0n) is 14.0. The molecule has 0 amide bonds. The van der Waals surface area contributed by atoms with Gasteiger partial charge in [-0.1, -0.05) is 0 Å². The molecule has 2 saturated heterocycles. The number of hydrogen-bond acceptors (Lipinski definition) is 6. The van der Waals surface area contributed by atoms with Crippen LogP contribution in [0.15, 0.2) is 12.1 Å². The maximum Gasteiger partial charge on any atom is 0.112 e. The van der Waals surface area contributed by atoms with Crippen molar-refractivity contribution < 1.29 is 14.6 Å². The van der Waals surface area contributed by atoms with Crippen molar-refractivity contribution in [3.05, 3.63) is 23.5 Å². The van der Waals surface area contributed by atoms with Crippen molar-refractivity contribution in [3.63, 3.8) is 0 Å². The Morgan fingerprint density at radius 1 is 1.35 bits per heavy atom. The second-order valence-corrected chi connectivity index (χ2v) is 6.60. The zero-order chi connectivity index (χ0) is 16.3. The van der Waals surface area contributed by atoms with Crippen LogP contribution in [0.25, 0.3) is 0 Å². The molecule has 0 spiro atoms. The largest absolute Gasteiger partial charge is 0.388 e. The van der Waals surface area contributed by atoms with Crippen LogP contribution in [0, 0.1) is 6.92 Å². The lowest BCUT2D eigenvalue weighted by Crippen LogP contribution is -2.50. The van der Waals surface area contributed by atoms with Gasteiger partial charge in [-0.25, -0.2) is 0 Å². The summed E-state index contributed by atoms with van der Waals surface area (Å²) in [7, 11) is 1.91. The van der Waals surface area contributed by atoms with Crippen molar-refractivity contribution in [1.82, 2.24) is 9.88 Å². The van der Waals surface area contributed by atoms with E-state index in [2.05, 4.69) is 15.2 Å². The highest BCUT2D eigenvalue weighted by atomic mass is 16.5. The number of ether oxygens (including phenoxy) is 2. The molecular formula is C17H27N3O3. The van der Waals surface area contributed by atoms with Crippen LogP contribution in [0.2, 0.25) is 0 Å². The first-order valence-electron chi connectivity index (χ1n) is 8.38. The van der Waals surface area contributed by atoms with E-state index in [9.17, 15) is 5.11 Å². The number of anilines is 1. The van der Waals surface area contributed by atoms with Crippen molar-refractivity contribution in [2.75, 3.05) is 51.8 Å². The number of aliphatic hydroxyl groups is 1. The molecule has 0 radical (unpaired) electrons. The highest BCUT2D eigenvalue weighted by Gasteiger charge is 2.34.